The molecule has 1 N–H and O–H groups in total. The van der Waals surface area contributed by atoms with E-state index in [-0.39, 0.29) is 16.9 Å². The summed E-state index contributed by atoms with van der Waals surface area (Å²) < 4.78 is 13.6. The smallest absolute Gasteiger partial charge is 0.142 e. The van der Waals surface area contributed by atoms with E-state index in [1.165, 1.54) is 15.8 Å². The van der Waals surface area contributed by atoms with Gasteiger partial charge in [-0.15, -0.1) is 11.3 Å². The van der Waals surface area contributed by atoms with E-state index >= 15 is 0 Å². The second-order valence-electron chi connectivity index (χ2n) is 4.32. The number of nitrogens with one attached hydrogen (secondary N) is 1. The molecule has 1 heterocycles. The van der Waals surface area contributed by atoms with Gasteiger partial charge in [0.2, 0.25) is 0 Å². The van der Waals surface area contributed by atoms with Gasteiger partial charge in [-0.05, 0) is 42.8 Å². The molecule has 4 heteroatoms. The van der Waals surface area contributed by atoms with E-state index in [1.54, 1.807) is 17.4 Å². The van der Waals surface area contributed by atoms with Gasteiger partial charge < -0.3 is 5.32 Å². The molecular weight excluding hydrogens is 281 g/mol. The highest BCUT2D eigenvalue weighted by atomic mass is 35.5. The third kappa shape index (κ3) is 3.35. The molecule has 0 aliphatic heterocycles. The van der Waals surface area contributed by atoms with E-state index in [9.17, 15) is 4.39 Å². The van der Waals surface area contributed by atoms with E-state index in [4.69, 9.17) is 11.6 Å². The lowest BCUT2D eigenvalue weighted by atomic mass is 10.1. The molecule has 2 aromatic rings. The normalized spacial score (nSPS) is 12.6. The average molecular weight is 298 g/mol. The summed E-state index contributed by atoms with van der Waals surface area (Å²) in [5, 5.41) is 3.57. The molecule has 1 nitrogen and oxygen atoms in total. The average Bonchev–Trinajstić information content (AvgIpc) is 2.88. The standard InChI is InChI=1S/C15H17ClFNS/c1-3-11-6-8-14(19-11)15(18-4-2)10-5-7-12(16)13(17)9-10/h5-9,15,18H,3-4H2,1-2H3. The molecule has 0 spiro atoms. The van der Waals surface area contributed by atoms with Crippen LogP contribution in [0.15, 0.2) is 30.3 Å². The predicted molar refractivity (Wildman–Crippen MR) is 80.6 cm³/mol. The van der Waals surface area contributed by atoms with Crippen LogP contribution in [0.5, 0.6) is 0 Å². The van der Waals surface area contributed by atoms with Crippen LogP contribution in [0.3, 0.4) is 0 Å². The van der Waals surface area contributed by atoms with Crippen molar-refractivity contribution in [3.05, 3.63) is 56.5 Å². The second kappa shape index (κ2) is 6.51. The van der Waals surface area contributed by atoms with E-state index in [0.29, 0.717) is 0 Å². The Labute approximate surface area is 122 Å². The molecule has 1 atom stereocenters. The lowest BCUT2D eigenvalue weighted by Gasteiger charge is -2.17. The van der Waals surface area contributed by atoms with Gasteiger partial charge in [0, 0.05) is 9.75 Å². The molecule has 1 aromatic carbocycles. The zero-order valence-electron chi connectivity index (χ0n) is 11.0. The monoisotopic (exact) mass is 297 g/mol. The molecule has 102 valence electrons. The van der Waals surface area contributed by atoms with Crippen LogP contribution in [0.4, 0.5) is 4.39 Å². The predicted octanol–water partition coefficient (Wildman–Crippen LogP) is 4.80. The quantitative estimate of drug-likeness (QED) is 0.836. The van der Waals surface area contributed by atoms with Gasteiger partial charge in [-0.3, -0.25) is 0 Å². The number of thiophene rings is 1. The lowest BCUT2D eigenvalue weighted by molar-refractivity contribution is 0.607. The van der Waals surface area contributed by atoms with Gasteiger partial charge in [-0.1, -0.05) is 31.5 Å². The summed E-state index contributed by atoms with van der Waals surface area (Å²) in [5.41, 5.74) is 0.910. The Morgan fingerprint density at radius 3 is 2.63 bits per heavy atom. The fourth-order valence-electron chi connectivity index (χ4n) is 2.02. The Balaban J connectivity index is 2.35. The molecule has 0 saturated heterocycles. The van der Waals surface area contributed by atoms with Gasteiger partial charge in [-0.2, -0.15) is 0 Å². The van der Waals surface area contributed by atoms with Crippen LogP contribution in [0.1, 0.15) is 35.2 Å². The van der Waals surface area contributed by atoms with E-state index in [0.717, 1.165) is 18.5 Å². The van der Waals surface area contributed by atoms with Crippen molar-refractivity contribution in [1.29, 1.82) is 0 Å². The van der Waals surface area contributed by atoms with Gasteiger partial charge in [0.15, 0.2) is 0 Å². The topological polar surface area (TPSA) is 12.0 Å². The third-order valence-corrected chi connectivity index (χ3v) is 4.60. The van der Waals surface area contributed by atoms with Crippen molar-refractivity contribution in [1.82, 2.24) is 5.32 Å². The first kappa shape index (κ1) is 14.5. The molecule has 19 heavy (non-hydrogen) atoms. The van der Waals surface area contributed by atoms with E-state index in [2.05, 4.69) is 24.4 Å². The highest BCUT2D eigenvalue weighted by Crippen LogP contribution is 2.30. The van der Waals surface area contributed by atoms with Crippen molar-refractivity contribution in [3.63, 3.8) is 0 Å². The molecule has 2 rings (SSSR count). The first-order valence-electron chi connectivity index (χ1n) is 6.42. The molecule has 1 aromatic heterocycles. The zero-order chi connectivity index (χ0) is 13.8. The van der Waals surface area contributed by atoms with Gasteiger partial charge in [0.05, 0.1) is 11.1 Å². The highest BCUT2D eigenvalue weighted by molar-refractivity contribution is 7.12. The van der Waals surface area contributed by atoms with Crippen molar-refractivity contribution < 1.29 is 4.39 Å². The van der Waals surface area contributed by atoms with Crippen molar-refractivity contribution in [2.24, 2.45) is 0 Å². The van der Waals surface area contributed by atoms with Crippen LogP contribution in [-0.4, -0.2) is 6.54 Å². The van der Waals surface area contributed by atoms with Crippen molar-refractivity contribution in [2.75, 3.05) is 6.54 Å². The second-order valence-corrected chi connectivity index (χ2v) is 5.93. The Kier molecular flexibility index (Phi) is 4.97. The minimum atomic E-state index is -0.366. The summed E-state index contributed by atoms with van der Waals surface area (Å²) in [6.45, 7) is 5.02. The van der Waals surface area contributed by atoms with Gasteiger partial charge in [0.25, 0.3) is 0 Å². The molecule has 0 fully saturated rings. The SMILES string of the molecule is CCNC(c1ccc(Cl)c(F)c1)c1ccc(CC)s1. The fraction of sp³-hybridized carbons (Fsp3) is 0.333. The van der Waals surface area contributed by atoms with Gasteiger partial charge >= 0.3 is 0 Å². The van der Waals surface area contributed by atoms with Crippen LogP contribution < -0.4 is 5.32 Å². The van der Waals surface area contributed by atoms with Gasteiger partial charge in [0.1, 0.15) is 5.82 Å². The maximum absolute atomic E-state index is 13.6. The van der Waals surface area contributed by atoms with E-state index in [1.807, 2.05) is 13.0 Å². The number of halogens is 2. The summed E-state index contributed by atoms with van der Waals surface area (Å²) in [4.78, 5) is 2.55. The minimum Gasteiger partial charge on any atom is -0.306 e. The molecule has 0 saturated carbocycles. The van der Waals surface area contributed by atoms with Crippen LogP contribution in [0, 0.1) is 5.82 Å². The van der Waals surface area contributed by atoms with Crippen LogP contribution in [0.25, 0.3) is 0 Å². The minimum absolute atomic E-state index is 0.0297. The molecule has 0 bridgehead atoms. The summed E-state index contributed by atoms with van der Waals surface area (Å²) in [7, 11) is 0. The Morgan fingerprint density at radius 2 is 2.05 bits per heavy atom. The molecule has 0 radical (unpaired) electrons. The number of hydrogen-bond acceptors (Lipinski definition) is 2. The zero-order valence-corrected chi connectivity index (χ0v) is 12.6. The van der Waals surface area contributed by atoms with E-state index < -0.39 is 0 Å². The number of hydrogen-bond donors (Lipinski definition) is 1. The summed E-state index contributed by atoms with van der Waals surface area (Å²) in [6.07, 6.45) is 1.03. The number of benzene rings is 1. The summed E-state index contributed by atoms with van der Waals surface area (Å²) in [6, 6.07) is 9.29. The first-order valence-corrected chi connectivity index (χ1v) is 7.62. The Hall–Kier alpha value is -0.900. The largest absolute Gasteiger partial charge is 0.306 e. The number of rotatable bonds is 5. The maximum Gasteiger partial charge on any atom is 0.142 e. The lowest BCUT2D eigenvalue weighted by Crippen LogP contribution is -2.21. The summed E-state index contributed by atoms with van der Waals surface area (Å²) in [5.74, 6) is -0.366. The molecule has 0 aliphatic rings. The third-order valence-electron chi connectivity index (χ3n) is 3.00. The molecule has 0 aliphatic carbocycles. The van der Waals surface area contributed by atoms with Crippen molar-refractivity contribution in [2.45, 2.75) is 26.3 Å². The Bertz CT molecular complexity index is 553. The molecule has 1 unspecified atom stereocenters. The summed E-state index contributed by atoms with van der Waals surface area (Å²) >= 11 is 7.51. The first-order chi connectivity index (χ1) is 9.15. The number of aryl methyl sites for hydroxylation is 1. The molecule has 0 amide bonds. The maximum atomic E-state index is 13.6. The highest BCUT2D eigenvalue weighted by Gasteiger charge is 2.16. The van der Waals surface area contributed by atoms with Crippen LogP contribution >= 0.6 is 22.9 Å². The fourth-order valence-corrected chi connectivity index (χ4v) is 3.19. The van der Waals surface area contributed by atoms with Crippen LogP contribution in [-0.2, 0) is 6.42 Å². The molecular formula is C15H17ClFNS. The Morgan fingerprint density at radius 1 is 1.26 bits per heavy atom. The van der Waals surface area contributed by atoms with Crippen molar-refractivity contribution >= 4 is 22.9 Å². The van der Waals surface area contributed by atoms with Gasteiger partial charge in [-0.25, -0.2) is 4.39 Å². The van der Waals surface area contributed by atoms with Crippen molar-refractivity contribution in [3.8, 4) is 0 Å². The van der Waals surface area contributed by atoms with Crippen LogP contribution in [0.2, 0.25) is 5.02 Å².